The zero-order chi connectivity index (χ0) is 18.2. The molecule has 1 amide bonds. The van der Waals surface area contributed by atoms with Crippen LogP contribution in [0.3, 0.4) is 0 Å². The quantitative estimate of drug-likeness (QED) is 0.549. The molecule has 0 aliphatic heterocycles. The second kappa shape index (κ2) is 9.37. The van der Waals surface area contributed by atoms with Crippen molar-refractivity contribution < 1.29 is 28.6 Å². The number of carbonyl (C=O) groups is 3. The van der Waals surface area contributed by atoms with Crippen LogP contribution in [0.4, 0.5) is 9.59 Å². The van der Waals surface area contributed by atoms with Gasteiger partial charge in [0.25, 0.3) is 0 Å². The average Bonchev–Trinajstić information content (AvgIpc) is 2.38. The normalized spacial score (nSPS) is 11.3. The van der Waals surface area contributed by atoms with Crippen molar-refractivity contribution in [1.29, 1.82) is 0 Å². The summed E-state index contributed by atoms with van der Waals surface area (Å²) in [4.78, 5) is 36.5. The van der Waals surface area contributed by atoms with Crippen LogP contribution in [0.5, 0.6) is 0 Å². The Kier molecular flexibility index (Phi) is 8.64. The monoisotopic (exact) mass is 331 g/mol. The summed E-state index contributed by atoms with van der Waals surface area (Å²) >= 11 is 0. The second-order valence-corrected chi connectivity index (χ2v) is 7.16. The maximum atomic E-state index is 12.1. The number of ether oxygens (including phenoxy) is 3. The molecule has 0 heterocycles. The van der Waals surface area contributed by atoms with Crippen LogP contribution in [0.25, 0.3) is 0 Å². The number of hydrogen-bond donors (Lipinski definition) is 0. The zero-order valence-electron chi connectivity index (χ0n) is 15.2. The van der Waals surface area contributed by atoms with E-state index in [-0.39, 0.29) is 25.0 Å². The number of rotatable bonds is 6. The molecular weight excluding hydrogens is 302 g/mol. The molecule has 0 aliphatic rings. The van der Waals surface area contributed by atoms with Gasteiger partial charge in [-0.15, -0.1) is 0 Å². The Hall–Kier alpha value is -1.79. The molecule has 0 atom stereocenters. The lowest BCUT2D eigenvalue weighted by molar-refractivity contribution is -0.142. The van der Waals surface area contributed by atoms with Crippen molar-refractivity contribution in [2.45, 2.75) is 54.0 Å². The van der Waals surface area contributed by atoms with Crippen LogP contribution in [0.15, 0.2) is 0 Å². The Morgan fingerprint density at radius 1 is 0.913 bits per heavy atom. The maximum absolute atomic E-state index is 12.1. The van der Waals surface area contributed by atoms with Gasteiger partial charge in [0.05, 0.1) is 13.2 Å². The molecule has 134 valence electrons. The van der Waals surface area contributed by atoms with Gasteiger partial charge in [0.1, 0.15) is 6.54 Å². The van der Waals surface area contributed by atoms with E-state index >= 15 is 0 Å². The summed E-state index contributed by atoms with van der Waals surface area (Å²) in [5, 5.41) is 0. The Balaban J connectivity index is 4.63. The summed E-state index contributed by atoms with van der Waals surface area (Å²) in [6, 6.07) is 0. The van der Waals surface area contributed by atoms with Gasteiger partial charge in [-0.3, -0.25) is 4.90 Å². The molecule has 7 heteroatoms. The van der Waals surface area contributed by atoms with E-state index in [2.05, 4.69) is 4.74 Å². The maximum Gasteiger partial charge on any atom is 0.516 e. The molecular formula is C16H29NO6. The fourth-order valence-corrected chi connectivity index (χ4v) is 1.41. The van der Waals surface area contributed by atoms with E-state index in [4.69, 9.17) is 9.47 Å². The summed E-state index contributed by atoms with van der Waals surface area (Å²) in [5.74, 6) is -0.552. The number of hydrogen-bond acceptors (Lipinski definition) is 6. The van der Waals surface area contributed by atoms with Crippen molar-refractivity contribution in [2.24, 2.45) is 11.8 Å². The highest BCUT2D eigenvalue weighted by Gasteiger charge is 2.31. The van der Waals surface area contributed by atoms with Gasteiger partial charge in [-0.1, -0.05) is 27.7 Å². The molecule has 0 spiro atoms. The minimum absolute atomic E-state index is 0.134. The van der Waals surface area contributed by atoms with E-state index in [0.717, 1.165) is 0 Å². The Labute approximate surface area is 138 Å². The molecule has 0 saturated heterocycles. The van der Waals surface area contributed by atoms with E-state index in [1.165, 1.54) is 4.90 Å². The van der Waals surface area contributed by atoms with Gasteiger partial charge in [-0.25, -0.2) is 14.4 Å². The van der Waals surface area contributed by atoms with Gasteiger partial charge in [0.2, 0.25) is 0 Å². The van der Waals surface area contributed by atoms with Crippen molar-refractivity contribution in [3.05, 3.63) is 0 Å². The van der Waals surface area contributed by atoms with E-state index in [0.29, 0.717) is 0 Å². The Bertz CT molecular complexity index is 411. The summed E-state index contributed by atoms with van der Waals surface area (Å²) in [7, 11) is 0. The largest absolute Gasteiger partial charge is 0.516 e. The third-order valence-corrected chi connectivity index (χ3v) is 2.59. The van der Waals surface area contributed by atoms with E-state index in [9.17, 15) is 14.4 Å². The predicted octanol–water partition coefficient (Wildman–Crippen LogP) is 3.22. The number of esters is 1. The lowest BCUT2D eigenvalue weighted by atomic mass is 10.1. The minimum Gasteiger partial charge on any atom is -0.449 e. The summed E-state index contributed by atoms with van der Waals surface area (Å²) in [6.45, 7) is 12.8. The molecule has 0 aliphatic carbocycles. The van der Waals surface area contributed by atoms with Crippen LogP contribution < -0.4 is 0 Å². The number of nitrogens with zero attached hydrogens (tertiary/aromatic N) is 1. The third kappa shape index (κ3) is 9.76. The van der Waals surface area contributed by atoms with Crippen LogP contribution in [-0.2, 0) is 19.0 Å². The van der Waals surface area contributed by atoms with Crippen molar-refractivity contribution in [3.8, 4) is 0 Å². The number of amides is 1. The highest BCUT2D eigenvalue weighted by molar-refractivity contribution is 5.85. The zero-order valence-corrected chi connectivity index (χ0v) is 15.2. The Morgan fingerprint density at radius 2 is 1.39 bits per heavy atom. The van der Waals surface area contributed by atoms with Crippen molar-refractivity contribution in [3.63, 3.8) is 0 Å². The van der Waals surface area contributed by atoms with Gasteiger partial charge in [-0.2, -0.15) is 0 Å². The van der Waals surface area contributed by atoms with E-state index in [1.807, 2.05) is 27.7 Å². The van der Waals surface area contributed by atoms with E-state index < -0.39 is 30.3 Å². The van der Waals surface area contributed by atoms with Crippen LogP contribution in [0.1, 0.15) is 48.5 Å². The summed E-state index contributed by atoms with van der Waals surface area (Å²) < 4.78 is 14.5. The molecule has 0 saturated carbocycles. The molecule has 0 radical (unpaired) electrons. The molecule has 7 nitrogen and oxygen atoms in total. The number of carbonyl (C=O) groups excluding carboxylic acids is 3. The molecule has 23 heavy (non-hydrogen) atoms. The molecule has 0 unspecified atom stereocenters. The van der Waals surface area contributed by atoms with Crippen LogP contribution in [-0.4, -0.2) is 48.4 Å². The first-order chi connectivity index (χ1) is 10.4. The lowest BCUT2D eigenvalue weighted by Gasteiger charge is -2.33. The van der Waals surface area contributed by atoms with Crippen LogP contribution in [0.2, 0.25) is 0 Å². The van der Waals surface area contributed by atoms with Gasteiger partial charge in [0, 0.05) is 5.54 Å². The highest BCUT2D eigenvalue weighted by Crippen LogP contribution is 2.15. The molecule has 0 fully saturated rings. The minimum atomic E-state index is -1.06. The molecule has 0 aromatic carbocycles. The fraction of sp³-hybridized carbons (Fsp3) is 0.812. The van der Waals surface area contributed by atoms with Crippen molar-refractivity contribution in [1.82, 2.24) is 4.90 Å². The summed E-state index contributed by atoms with van der Waals surface area (Å²) in [5.41, 5.74) is -0.658. The van der Waals surface area contributed by atoms with Gasteiger partial charge < -0.3 is 14.2 Å². The second-order valence-electron chi connectivity index (χ2n) is 7.16. The third-order valence-electron chi connectivity index (χ3n) is 2.59. The van der Waals surface area contributed by atoms with Crippen molar-refractivity contribution in [2.75, 3.05) is 19.8 Å². The van der Waals surface area contributed by atoms with Gasteiger partial charge >= 0.3 is 18.2 Å². The first kappa shape index (κ1) is 21.2. The first-order valence-electron chi connectivity index (χ1n) is 7.75. The summed E-state index contributed by atoms with van der Waals surface area (Å²) in [6.07, 6.45) is -1.69. The molecule has 0 N–H and O–H groups in total. The average molecular weight is 331 g/mol. The molecule has 0 bridgehead atoms. The highest BCUT2D eigenvalue weighted by atomic mass is 16.7. The van der Waals surface area contributed by atoms with Crippen LogP contribution >= 0.6 is 0 Å². The fourth-order valence-electron chi connectivity index (χ4n) is 1.41. The SMILES string of the molecule is CC(C)COC(=O)OC(=O)CN(C(=O)OCC(C)C)C(C)(C)C. The predicted molar refractivity (Wildman–Crippen MR) is 84.9 cm³/mol. The lowest BCUT2D eigenvalue weighted by Crippen LogP contribution is -2.49. The standard InChI is InChI=1S/C16H29NO6/c1-11(2)9-21-14(19)17(16(5,6)7)8-13(18)23-15(20)22-10-12(3)4/h11-12H,8-10H2,1-7H3. The van der Waals surface area contributed by atoms with Gasteiger partial charge in [-0.05, 0) is 32.6 Å². The molecule has 0 aromatic heterocycles. The van der Waals surface area contributed by atoms with Crippen LogP contribution in [0, 0.1) is 11.8 Å². The Morgan fingerprint density at radius 3 is 1.83 bits per heavy atom. The van der Waals surface area contributed by atoms with Gasteiger partial charge in [0.15, 0.2) is 0 Å². The van der Waals surface area contributed by atoms with E-state index in [1.54, 1.807) is 20.8 Å². The molecule has 0 aromatic rings. The van der Waals surface area contributed by atoms with Crippen molar-refractivity contribution >= 4 is 18.2 Å². The topological polar surface area (TPSA) is 82.1 Å². The first-order valence-corrected chi connectivity index (χ1v) is 7.75. The molecule has 0 rings (SSSR count). The smallest absolute Gasteiger partial charge is 0.449 e.